The molecule has 15 rings (SSSR count). The Morgan fingerprint density at radius 2 is 0.908 bits per heavy atom. The van der Waals surface area contributed by atoms with Gasteiger partial charge in [0.05, 0.1) is 47.4 Å². The van der Waals surface area contributed by atoms with Crippen molar-refractivity contribution in [1.29, 1.82) is 5.41 Å². The molecule has 18 heteroatoms. The van der Waals surface area contributed by atoms with Gasteiger partial charge in [0.1, 0.15) is 10.9 Å². The highest BCUT2D eigenvalue weighted by Gasteiger charge is 2.11. The van der Waals surface area contributed by atoms with Crippen LogP contribution >= 0.6 is 46.0 Å². The fourth-order valence-corrected chi connectivity index (χ4v) is 13.0. The lowest BCUT2D eigenvalue weighted by Crippen LogP contribution is -2.10. The number of nitro groups is 2. The minimum absolute atomic E-state index is 0.116. The molecule has 0 saturated heterocycles. The predicted octanol–water partition coefficient (Wildman–Crippen LogP) is 20.7. The number of hydrogen-bond donors (Lipinski definition) is 4. The molecule has 0 aliphatic heterocycles. The smallest absolute Gasteiger partial charge is 0.271 e. The molecule has 98 heavy (non-hydrogen) atoms. The molecule has 6 aromatic heterocycles. The first-order valence-electron chi connectivity index (χ1n) is 31.8. The molecule has 0 aliphatic carbocycles. The van der Waals surface area contributed by atoms with Crippen molar-refractivity contribution in [3.8, 4) is 0 Å². The van der Waals surface area contributed by atoms with Crippen LogP contribution in [0.5, 0.6) is 0 Å². The van der Waals surface area contributed by atoms with E-state index in [0.29, 0.717) is 16.8 Å². The molecule has 0 fully saturated rings. The maximum Gasteiger partial charge on any atom is 0.271 e. The number of anilines is 1. The third-order valence-corrected chi connectivity index (χ3v) is 18.7. The van der Waals surface area contributed by atoms with E-state index < -0.39 is 4.92 Å². The molecule has 0 aliphatic rings. The molecule has 15 aromatic rings. The van der Waals surface area contributed by atoms with Crippen molar-refractivity contribution >= 4 is 123 Å². The fourth-order valence-electron chi connectivity index (χ4n) is 10.6. The summed E-state index contributed by atoms with van der Waals surface area (Å²) >= 11 is 10.2. The number of thioether (sulfide) groups is 1. The van der Waals surface area contributed by atoms with Gasteiger partial charge in [0.15, 0.2) is 0 Å². The van der Waals surface area contributed by atoms with Crippen LogP contribution in [0.2, 0.25) is 0 Å². The van der Waals surface area contributed by atoms with Crippen LogP contribution in [-0.2, 0) is 45.3 Å². The number of benzene rings is 9. The van der Waals surface area contributed by atoms with Crippen molar-refractivity contribution in [1.82, 2.24) is 18.7 Å². The summed E-state index contributed by atoms with van der Waals surface area (Å²) in [6.07, 6.45) is 12.0. The molecule has 492 valence electrons. The van der Waals surface area contributed by atoms with Gasteiger partial charge in [-0.3, -0.25) is 25.6 Å². The van der Waals surface area contributed by atoms with E-state index in [4.69, 9.17) is 28.5 Å². The van der Waals surface area contributed by atoms with Gasteiger partial charge in [-0.1, -0.05) is 176 Å². The Morgan fingerprint density at radius 3 is 1.39 bits per heavy atom. The molecule has 0 saturated carbocycles. The Hall–Kier alpha value is -11.1. The second kappa shape index (κ2) is 36.1. The van der Waals surface area contributed by atoms with Gasteiger partial charge in [0, 0.05) is 90.5 Å². The SMILES string of the molecule is ClCCc1ccccc1.N=C(Sc1ccccc1)c1cccs1.NC(=Nc1ccc2ccn(CCc3ccccc3)c2c1)c1cccs1.Nc1ccc2ccn(CCc3ccccc3)c2c1.O=[N+]([O-])c1ccc2cc[nH]c2c1.O=[N+]([O-])c1ccc2ccn(CCc3ccccc3)c2c1. The van der Waals surface area contributed by atoms with Crippen LogP contribution in [0.1, 0.15) is 32.0 Å². The fraction of sp³-hybridized carbons (Fsp3) is 0.100. The quantitative estimate of drug-likeness (QED) is 0.0132. The van der Waals surface area contributed by atoms with Crippen molar-refractivity contribution < 1.29 is 9.85 Å². The number of H-pyrrole nitrogens is 1. The van der Waals surface area contributed by atoms with Gasteiger partial charge in [-0.15, -0.1) is 34.3 Å². The van der Waals surface area contributed by atoms with E-state index in [-0.39, 0.29) is 16.3 Å². The van der Waals surface area contributed by atoms with Crippen LogP contribution < -0.4 is 11.5 Å². The maximum absolute atomic E-state index is 10.9. The van der Waals surface area contributed by atoms with Gasteiger partial charge in [-0.05, 0) is 160 Å². The summed E-state index contributed by atoms with van der Waals surface area (Å²) in [6, 6.07) is 89.7. The number of hydrogen-bond acceptors (Lipinski definition) is 10. The summed E-state index contributed by atoms with van der Waals surface area (Å²) in [5.74, 6) is 1.28. The minimum atomic E-state index is -0.402. The first-order chi connectivity index (χ1) is 47.9. The van der Waals surface area contributed by atoms with Gasteiger partial charge < -0.3 is 30.2 Å². The third kappa shape index (κ3) is 20.7. The van der Waals surface area contributed by atoms with E-state index in [1.54, 1.807) is 53.1 Å². The van der Waals surface area contributed by atoms with Crippen LogP contribution in [0.3, 0.4) is 0 Å². The number of alkyl halides is 1. The van der Waals surface area contributed by atoms with Gasteiger partial charge in [-0.2, -0.15) is 0 Å². The van der Waals surface area contributed by atoms with Crippen LogP contribution in [-0.4, -0.2) is 45.3 Å². The Bertz CT molecular complexity index is 4960. The number of thiophene rings is 2. The summed E-state index contributed by atoms with van der Waals surface area (Å²) in [6.45, 7) is 2.74. The standard InChI is InChI=1S/C21H19N3S.C16H14N2O2.C16H16N2.C11H9NS2.C8H9Cl.C8H6N2O2/c22-21(20-7-4-14-25-20)23-18-9-8-17-11-13-24(19(17)15-18)12-10-16-5-2-1-3-6-16;19-18(20)15-7-6-14-9-11-17(16(14)12-15)10-8-13-4-2-1-3-5-13;17-15-7-6-14-9-11-18(16(14)12-15)10-8-13-4-2-1-3-5-13;12-11(10-7-4-8-13-10)14-9-5-2-1-3-6-9;9-7-6-8-4-2-1-3-5-8;11-10(12)7-2-1-6-3-4-9-8(6)5-7/h1-9,11,13-15H,10,12H2,(H2,22,23);1-7,9,11-12H,8,10H2;1-7,9,11-12H,8,10,17H2;1-8,12H;1-5H,6-7H2;1-5,9H. The molecule has 0 spiro atoms. The molecule has 0 atom stereocenters. The Balaban J connectivity index is 0.000000131. The van der Waals surface area contributed by atoms with Crippen molar-refractivity contribution in [2.45, 2.75) is 50.2 Å². The zero-order valence-corrected chi connectivity index (χ0v) is 56.9. The molecule has 6 heterocycles. The van der Waals surface area contributed by atoms with Crippen molar-refractivity contribution in [2.75, 3.05) is 11.6 Å². The first kappa shape index (κ1) is 69.7. The number of non-ortho nitro benzene ring substituents is 2. The van der Waals surface area contributed by atoms with E-state index in [9.17, 15) is 20.2 Å². The molecular formula is C80H73ClN10O4S3. The highest BCUT2D eigenvalue weighted by atomic mass is 35.5. The van der Waals surface area contributed by atoms with Crippen molar-refractivity contribution in [3.63, 3.8) is 0 Å². The first-order valence-corrected chi connectivity index (χ1v) is 34.9. The summed E-state index contributed by atoms with van der Waals surface area (Å²) in [4.78, 5) is 31.1. The number of nitrogens with two attached hydrogens (primary N) is 2. The number of aryl methyl sites for hydroxylation is 7. The second-order valence-electron chi connectivity index (χ2n) is 22.4. The van der Waals surface area contributed by atoms with E-state index in [2.05, 4.69) is 151 Å². The number of aromatic nitrogens is 4. The van der Waals surface area contributed by atoms with E-state index in [0.717, 1.165) is 93.1 Å². The van der Waals surface area contributed by atoms with Gasteiger partial charge in [0.2, 0.25) is 0 Å². The number of halogens is 1. The molecule has 0 radical (unpaired) electrons. The number of amidine groups is 1. The number of nitro benzene ring substituents is 2. The highest BCUT2D eigenvalue weighted by molar-refractivity contribution is 8.14. The van der Waals surface area contributed by atoms with E-state index in [1.807, 2.05) is 138 Å². The largest absolute Gasteiger partial charge is 0.399 e. The topological polar surface area (TPSA) is 205 Å². The lowest BCUT2D eigenvalue weighted by molar-refractivity contribution is -0.384. The van der Waals surface area contributed by atoms with Gasteiger partial charge >= 0.3 is 0 Å². The molecule has 6 N–H and O–H groups in total. The number of aliphatic imine (C=N–C) groups is 1. The molecule has 0 bridgehead atoms. The van der Waals surface area contributed by atoms with Crippen molar-refractivity contribution in [3.05, 3.63) is 361 Å². The monoisotopic (exact) mass is 1370 g/mol. The summed E-state index contributed by atoms with van der Waals surface area (Å²) < 4.78 is 6.61. The van der Waals surface area contributed by atoms with Crippen molar-refractivity contribution in [2.24, 2.45) is 10.7 Å². The number of nitrogen functional groups attached to an aromatic ring is 1. The van der Waals surface area contributed by atoms with E-state index in [1.165, 1.54) is 68.0 Å². The molecule has 9 aromatic carbocycles. The van der Waals surface area contributed by atoms with Crippen LogP contribution in [0.15, 0.2) is 318 Å². The minimum Gasteiger partial charge on any atom is -0.399 e. The number of rotatable bonds is 17. The zero-order valence-electron chi connectivity index (χ0n) is 53.7. The zero-order chi connectivity index (χ0) is 68.3. The highest BCUT2D eigenvalue weighted by Crippen LogP contribution is 2.28. The normalized spacial score (nSPS) is 10.8. The van der Waals surface area contributed by atoms with Gasteiger partial charge in [-0.25, -0.2) is 4.99 Å². The molecule has 0 unspecified atom stereocenters. The van der Waals surface area contributed by atoms with Crippen LogP contribution in [0, 0.1) is 25.6 Å². The maximum atomic E-state index is 10.9. The summed E-state index contributed by atoms with van der Waals surface area (Å²) in [5, 5.41) is 38.2. The number of nitrogens with one attached hydrogen (secondary N) is 2. The second-order valence-corrected chi connectivity index (χ2v) is 25.8. The lowest BCUT2D eigenvalue weighted by Gasteiger charge is -2.06. The molecule has 14 nitrogen and oxygen atoms in total. The summed E-state index contributed by atoms with van der Waals surface area (Å²) in [7, 11) is 0. The Kier molecular flexibility index (Phi) is 25.7. The number of fused-ring (bicyclic) bond motifs is 4. The van der Waals surface area contributed by atoms with E-state index >= 15 is 0 Å². The number of nitrogens with zero attached hydrogens (tertiary/aromatic N) is 6. The van der Waals surface area contributed by atoms with Crippen LogP contribution in [0.25, 0.3) is 43.6 Å². The average Bonchev–Trinajstić information content (AvgIpc) is 1.68. The van der Waals surface area contributed by atoms with Gasteiger partial charge in [0.25, 0.3) is 11.4 Å². The Morgan fingerprint density at radius 1 is 0.480 bits per heavy atom. The Labute approximate surface area is 586 Å². The van der Waals surface area contributed by atoms with Crippen LogP contribution in [0.4, 0.5) is 22.7 Å². The average molecular weight is 1370 g/mol. The molecule has 0 amide bonds. The summed E-state index contributed by atoms with van der Waals surface area (Å²) in [5.41, 5.74) is 23.3. The third-order valence-electron chi connectivity index (χ3n) is 15.7. The molecular weight excluding hydrogens is 1300 g/mol. The number of aromatic amines is 1. The lowest BCUT2D eigenvalue weighted by atomic mass is 10.1. The predicted molar refractivity (Wildman–Crippen MR) is 411 cm³/mol.